The molecular formula is C10H13N5O. The number of aromatic nitrogens is 4. The van der Waals surface area contributed by atoms with Gasteiger partial charge >= 0.3 is 0 Å². The zero-order valence-corrected chi connectivity index (χ0v) is 8.69. The molecule has 0 saturated heterocycles. The molecule has 0 aliphatic carbocycles. The summed E-state index contributed by atoms with van der Waals surface area (Å²) < 4.78 is 1.55. The van der Waals surface area contributed by atoms with Crippen LogP contribution in [-0.4, -0.2) is 31.4 Å². The molecule has 6 heteroatoms. The van der Waals surface area contributed by atoms with Gasteiger partial charge in [-0.25, -0.2) is 14.6 Å². The van der Waals surface area contributed by atoms with E-state index in [4.69, 9.17) is 5.73 Å². The maximum absolute atomic E-state index is 9.69. The average molecular weight is 219 g/mol. The summed E-state index contributed by atoms with van der Waals surface area (Å²) in [6, 6.07) is 3.59. The van der Waals surface area contributed by atoms with Gasteiger partial charge in [0.1, 0.15) is 12.7 Å². The molecule has 16 heavy (non-hydrogen) atoms. The van der Waals surface area contributed by atoms with E-state index in [1.165, 1.54) is 6.33 Å². The summed E-state index contributed by atoms with van der Waals surface area (Å²) in [5.41, 5.74) is 6.13. The van der Waals surface area contributed by atoms with E-state index in [0.29, 0.717) is 18.8 Å². The number of aliphatic hydroxyl groups is 1. The Balaban J connectivity index is 2.16. The van der Waals surface area contributed by atoms with Crippen molar-refractivity contribution in [1.82, 2.24) is 19.7 Å². The summed E-state index contributed by atoms with van der Waals surface area (Å²) in [5.74, 6) is 0.668. The molecule has 84 valence electrons. The molecule has 2 heterocycles. The van der Waals surface area contributed by atoms with Gasteiger partial charge in [-0.3, -0.25) is 0 Å². The standard InChI is InChI=1S/C10H13N5O/c11-4-3-9(16)8-1-2-10(13-5-8)15-7-12-6-14-15/h1-2,5-7,9,16H,3-4,11H2/t9-/m1/s1. The molecule has 0 aliphatic heterocycles. The van der Waals surface area contributed by atoms with Gasteiger partial charge in [-0.15, -0.1) is 0 Å². The minimum absolute atomic E-state index is 0.450. The lowest BCUT2D eigenvalue weighted by Gasteiger charge is -2.09. The fourth-order valence-corrected chi connectivity index (χ4v) is 1.38. The largest absolute Gasteiger partial charge is 0.388 e. The molecular weight excluding hydrogens is 206 g/mol. The van der Waals surface area contributed by atoms with E-state index < -0.39 is 6.10 Å². The number of hydrogen-bond donors (Lipinski definition) is 2. The molecule has 0 bridgehead atoms. The summed E-state index contributed by atoms with van der Waals surface area (Å²) in [7, 11) is 0. The first-order chi connectivity index (χ1) is 7.81. The third kappa shape index (κ3) is 2.23. The van der Waals surface area contributed by atoms with E-state index in [1.54, 1.807) is 23.3 Å². The van der Waals surface area contributed by atoms with E-state index in [1.807, 2.05) is 6.07 Å². The van der Waals surface area contributed by atoms with Gasteiger partial charge in [-0.05, 0) is 24.6 Å². The minimum atomic E-state index is -0.553. The Bertz CT molecular complexity index is 425. The molecule has 0 amide bonds. The van der Waals surface area contributed by atoms with Crippen LogP contribution in [0, 0.1) is 0 Å². The second-order valence-corrected chi connectivity index (χ2v) is 3.38. The molecule has 0 spiro atoms. The Morgan fingerprint density at radius 2 is 2.31 bits per heavy atom. The van der Waals surface area contributed by atoms with E-state index in [-0.39, 0.29) is 0 Å². The van der Waals surface area contributed by atoms with Crippen molar-refractivity contribution in [3.8, 4) is 5.82 Å². The van der Waals surface area contributed by atoms with Crippen molar-refractivity contribution in [2.24, 2.45) is 5.73 Å². The van der Waals surface area contributed by atoms with Gasteiger partial charge in [0.15, 0.2) is 5.82 Å². The molecule has 3 N–H and O–H groups in total. The van der Waals surface area contributed by atoms with Crippen LogP contribution in [0.3, 0.4) is 0 Å². The van der Waals surface area contributed by atoms with Crippen molar-refractivity contribution in [3.63, 3.8) is 0 Å². The number of nitrogens with two attached hydrogens (primary N) is 1. The van der Waals surface area contributed by atoms with Gasteiger partial charge < -0.3 is 10.8 Å². The van der Waals surface area contributed by atoms with Gasteiger partial charge in [-0.2, -0.15) is 5.10 Å². The third-order valence-electron chi connectivity index (χ3n) is 2.25. The van der Waals surface area contributed by atoms with Crippen molar-refractivity contribution in [3.05, 3.63) is 36.5 Å². The fourth-order valence-electron chi connectivity index (χ4n) is 1.38. The summed E-state index contributed by atoms with van der Waals surface area (Å²) >= 11 is 0. The molecule has 6 nitrogen and oxygen atoms in total. The number of pyridine rings is 1. The predicted octanol–water partition coefficient (Wildman–Crippen LogP) is 0.0445. The van der Waals surface area contributed by atoms with E-state index >= 15 is 0 Å². The summed E-state index contributed by atoms with van der Waals surface area (Å²) in [5, 5.41) is 13.6. The lowest BCUT2D eigenvalue weighted by molar-refractivity contribution is 0.170. The summed E-state index contributed by atoms with van der Waals surface area (Å²) in [6.07, 6.45) is 4.61. The van der Waals surface area contributed by atoms with Gasteiger partial charge in [-0.1, -0.05) is 6.07 Å². The maximum atomic E-state index is 9.69. The summed E-state index contributed by atoms with van der Waals surface area (Å²) in [4.78, 5) is 8.02. The van der Waals surface area contributed by atoms with Gasteiger partial charge in [0.25, 0.3) is 0 Å². The highest BCUT2D eigenvalue weighted by Crippen LogP contribution is 2.15. The highest BCUT2D eigenvalue weighted by molar-refractivity contribution is 5.24. The number of aliphatic hydroxyl groups excluding tert-OH is 1. The Morgan fingerprint density at radius 3 is 2.88 bits per heavy atom. The molecule has 0 fully saturated rings. The molecule has 0 unspecified atom stereocenters. The van der Waals surface area contributed by atoms with E-state index in [9.17, 15) is 5.11 Å². The van der Waals surface area contributed by atoms with Crippen LogP contribution in [0.15, 0.2) is 31.0 Å². The first-order valence-electron chi connectivity index (χ1n) is 5.00. The first kappa shape index (κ1) is 10.7. The van der Waals surface area contributed by atoms with E-state index in [0.717, 1.165) is 5.56 Å². The Morgan fingerprint density at radius 1 is 1.44 bits per heavy atom. The molecule has 2 rings (SSSR count). The van der Waals surface area contributed by atoms with E-state index in [2.05, 4.69) is 15.1 Å². The highest BCUT2D eigenvalue weighted by atomic mass is 16.3. The van der Waals surface area contributed by atoms with Crippen LogP contribution >= 0.6 is 0 Å². The number of hydrogen-bond acceptors (Lipinski definition) is 5. The second kappa shape index (κ2) is 4.82. The number of nitrogens with zero attached hydrogens (tertiary/aromatic N) is 4. The fraction of sp³-hybridized carbons (Fsp3) is 0.300. The molecule has 0 aliphatic rings. The van der Waals surface area contributed by atoms with Crippen molar-refractivity contribution >= 4 is 0 Å². The zero-order chi connectivity index (χ0) is 11.4. The van der Waals surface area contributed by atoms with Crippen LogP contribution in [-0.2, 0) is 0 Å². The van der Waals surface area contributed by atoms with Crippen LogP contribution < -0.4 is 5.73 Å². The molecule has 0 saturated carbocycles. The first-order valence-corrected chi connectivity index (χ1v) is 5.00. The average Bonchev–Trinajstić information content (AvgIpc) is 2.83. The Kier molecular flexibility index (Phi) is 3.23. The molecule has 2 aromatic heterocycles. The van der Waals surface area contributed by atoms with Crippen molar-refractivity contribution in [2.75, 3.05) is 6.54 Å². The van der Waals surface area contributed by atoms with Crippen LogP contribution in [0.5, 0.6) is 0 Å². The van der Waals surface area contributed by atoms with Crippen molar-refractivity contribution < 1.29 is 5.11 Å². The Hall–Kier alpha value is -1.79. The molecule has 2 aromatic rings. The minimum Gasteiger partial charge on any atom is -0.388 e. The van der Waals surface area contributed by atoms with Gasteiger partial charge in [0, 0.05) is 6.20 Å². The van der Waals surface area contributed by atoms with Crippen LogP contribution in [0.1, 0.15) is 18.1 Å². The molecule has 0 radical (unpaired) electrons. The monoisotopic (exact) mass is 219 g/mol. The van der Waals surface area contributed by atoms with Crippen molar-refractivity contribution in [2.45, 2.75) is 12.5 Å². The lowest BCUT2D eigenvalue weighted by atomic mass is 10.1. The van der Waals surface area contributed by atoms with Crippen molar-refractivity contribution in [1.29, 1.82) is 0 Å². The maximum Gasteiger partial charge on any atom is 0.155 e. The normalized spacial score (nSPS) is 12.6. The quantitative estimate of drug-likeness (QED) is 0.758. The second-order valence-electron chi connectivity index (χ2n) is 3.38. The van der Waals surface area contributed by atoms with Gasteiger partial charge in [0.05, 0.1) is 6.10 Å². The van der Waals surface area contributed by atoms with Crippen LogP contribution in [0.25, 0.3) is 5.82 Å². The smallest absolute Gasteiger partial charge is 0.155 e. The lowest BCUT2D eigenvalue weighted by Crippen LogP contribution is -2.07. The van der Waals surface area contributed by atoms with Crippen LogP contribution in [0.4, 0.5) is 0 Å². The molecule has 1 atom stereocenters. The molecule has 0 aromatic carbocycles. The summed E-state index contributed by atoms with van der Waals surface area (Å²) in [6.45, 7) is 0.450. The zero-order valence-electron chi connectivity index (χ0n) is 8.69. The number of rotatable bonds is 4. The topological polar surface area (TPSA) is 89.8 Å². The van der Waals surface area contributed by atoms with Crippen LogP contribution in [0.2, 0.25) is 0 Å². The third-order valence-corrected chi connectivity index (χ3v) is 2.25. The SMILES string of the molecule is NCC[C@@H](O)c1ccc(-n2cncn2)nc1. The highest BCUT2D eigenvalue weighted by Gasteiger charge is 2.07. The predicted molar refractivity (Wildman–Crippen MR) is 57.8 cm³/mol. The Labute approximate surface area is 92.8 Å². The van der Waals surface area contributed by atoms with Gasteiger partial charge in [0.2, 0.25) is 0 Å².